The molecule has 0 saturated carbocycles. The molecule has 0 unspecified atom stereocenters. The van der Waals surface area contributed by atoms with Crippen LogP contribution in [0.5, 0.6) is 5.75 Å². The second-order valence-corrected chi connectivity index (χ2v) is 8.82. The fraction of sp³-hybridized carbons (Fsp3) is 0.320. The summed E-state index contributed by atoms with van der Waals surface area (Å²) in [4.78, 5) is 30.4. The first-order chi connectivity index (χ1) is 17.6. The normalized spacial score (nSPS) is 15.9. The zero-order valence-electron chi connectivity index (χ0n) is 19.6. The number of anilines is 3. The van der Waals surface area contributed by atoms with E-state index in [4.69, 9.17) is 26.1 Å². The third-order valence-electron chi connectivity index (χ3n) is 5.84. The smallest absolute Gasteiger partial charge is 0.343 e. The van der Waals surface area contributed by atoms with E-state index in [0.717, 1.165) is 44.6 Å². The molecule has 0 aliphatic carbocycles. The number of carbonyl (C=O) groups is 1. The molecule has 0 amide bonds. The third-order valence-corrected chi connectivity index (χ3v) is 6.10. The number of esters is 1. The molecule has 0 radical (unpaired) electrons. The van der Waals surface area contributed by atoms with Crippen LogP contribution in [0.1, 0.15) is 28.8 Å². The Morgan fingerprint density at radius 3 is 2.22 bits per heavy atom. The molecule has 36 heavy (non-hydrogen) atoms. The van der Waals surface area contributed by atoms with Crippen molar-refractivity contribution in [2.75, 3.05) is 54.6 Å². The van der Waals surface area contributed by atoms with Gasteiger partial charge in [0.05, 0.1) is 25.0 Å². The third kappa shape index (κ3) is 6.07. The van der Waals surface area contributed by atoms with Crippen molar-refractivity contribution in [2.24, 2.45) is 5.10 Å². The molecule has 2 aromatic carbocycles. The quantitative estimate of drug-likeness (QED) is 0.222. The van der Waals surface area contributed by atoms with E-state index in [-0.39, 0.29) is 0 Å². The Kier molecular flexibility index (Phi) is 7.53. The highest BCUT2D eigenvalue weighted by Crippen LogP contribution is 2.21. The Balaban J connectivity index is 1.24. The van der Waals surface area contributed by atoms with Gasteiger partial charge in [0.1, 0.15) is 5.75 Å². The van der Waals surface area contributed by atoms with Gasteiger partial charge in [0, 0.05) is 31.2 Å². The molecular formula is C25H26ClN7O3. The first-order valence-corrected chi connectivity index (χ1v) is 12.2. The zero-order chi connectivity index (χ0) is 24.7. The number of hydrogen-bond acceptors (Lipinski definition) is 10. The monoisotopic (exact) mass is 507 g/mol. The highest BCUT2D eigenvalue weighted by atomic mass is 35.5. The molecule has 0 bridgehead atoms. The predicted octanol–water partition coefficient (Wildman–Crippen LogP) is 3.63. The molecule has 5 rings (SSSR count). The molecule has 1 N–H and O–H groups in total. The molecule has 3 aromatic rings. The molecule has 3 heterocycles. The number of nitrogens with one attached hydrogen (secondary N) is 1. The van der Waals surface area contributed by atoms with E-state index in [1.54, 1.807) is 54.7 Å². The Labute approximate surface area is 213 Å². The highest BCUT2D eigenvalue weighted by Gasteiger charge is 2.21. The number of aromatic nitrogens is 3. The van der Waals surface area contributed by atoms with Crippen LogP contribution in [0.3, 0.4) is 0 Å². The lowest BCUT2D eigenvalue weighted by molar-refractivity contribution is 0.0734. The molecule has 10 nitrogen and oxygen atoms in total. The van der Waals surface area contributed by atoms with Crippen LogP contribution in [0, 0.1) is 0 Å². The maximum atomic E-state index is 12.3. The second-order valence-electron chi connectivity index (χ2n) is 8.39. The molecule has 0 spiro atoms. The highest BCUT2D eigenvalue weighted by molar-refractivity contribution is 6.30. The van der Waals surface area contributed by atoms with Crippen LogP contribution in [-0.4, -0.2) is 66.5 Å². The van der Waals surface area contributed by atoms with Gasteiger partial charge in [0.25, 0.3) is 0 Å². The summed E-state index contributed by atoms with van der Waals surface area (Å²) < 4.78 is 10.9. The van der Waals surface area contributed by atoms with Gasteiger partial charge in [0.15, 0.2) is 0 Å². The van der Waals surface area contributed by atoms with Crippen molar-refractivity contribution in [1.82, 2.24) is 15.0 Å². The second kappa shape index (κ2) is 11.3. The number of hydrogen-bond donors (Lipinski definition) is 1. The molecule has 2 fully saturated rings. The lowest BCUT2D eigenvalue weighted by Gasteiger charge is -2.27. The SMILES string of the molecule is O=C(Oc1ccc(/C=N\Nc2nc(N3CCCC3)nc(N3CCOCC3)n2)cc1)c1ccc(Cl)cc1. The minimum atomic E-state index is -0.450. The van der Waals surface area contributed by atoms with Crippen molar-refractivity contribution in [3.8, 4) is 5.75 Å². The molecule has 186 valence electrons. The van der Waals surface area contributed by atoms with E-state index in [2.05, 4.69) is 30.3 Å². The number of carbonyl (C=O) groups excluding carboxylic acids is 1. The summed E-state index contributed by atoms with van der Waals surface area (Å²) in [6.45, 7) is 4.64. The van der Waals surface area contributed by atoms with Gasteiger partial charge in [-0.05, 0) is 66.9 Å². The van der Waals surface area contributed by atoms with Gasteiger partial charge in [-0.15, -0.1) is 0 Å². The number of nitrogens with zero attached hydrogens (tertiary/aromatic N) is 6. The van der Waals surface area contributed by atoms with E-state index in [1.165, 1.54) is 0 Å². The van der Waals surface area contributed by atoms with Gasteiger partial charge in [-0.3, -0.25) is 0 Å². The lowest BCUT2D eigenvalue weighted by atomic mass is 10.2. The van der Waals surface area contributed by atoms with Crippen LogP contribution < -0.4 is 20.0 Å². The van der Waals surface area contributed by atoms with Crippen molar-refractivity contribution >= 4 is 41.6 Å². The Bertz CT molecular complexity index is 1210. The lowest BCUT2D eigenvalue weighted by Crippen LogP contribution is -2.38. The average molecular weight is 508 g/mol. The molecule has 1 aromatic heterocycles. The van der Waals surface area contributed by atoms with Crippen LogP contribution in [0.15, 0.2) is 53.6 Å². The van der Waals surface area contributed by atoms with Crippen LogP contribution in [0.25, 0.3) is 0 Å². The maximum Gasteiger partial charge on any atom is 0.343 e. The van der Waals surface area contributed by atoms with E-state index in [1.807, 2.05) is 0 Å². The minimum Gasteiger partial charge on any atom is -0.423 e. The largest absolute Gasteiger partial charge is 0.423 e. The topological polar surface area (TPSA) is 105 Å². The van der Waals surface area contributed by atoms with Crippen LogP contribution in [0.4, 0.5) is 17.8 Å². The Morgan fingerprint density at radius 1 is 0.917 bits per heavy atom. The molecule has 0 atom stereocenters. The number of benzene rings is 2. The van der Waals surface area contributed by atoms with E-state index < -0.39 is 5.97 Å². The van der Waals surface area contributed by atoms with Crippen molar-refractivity contribution in [3.63, 3.8) is 0 Å². The van der Waals surface area contributed by atoms with Crippen molar-refractivity contribution in [2.45, 2.75) is 12.8 Å². The summed E-state index contributed by atoms with van der Waals surface area (Å²) in [6, 6.07) is 13.6. The Hall–Kier alpha value is -3.76. The van der Waals surface area contributed by atoms with Crippen LogP contribution in [-0.2, 0) is 4.74 Å². The predicted molar refractivity (Wildman–Crippen MR) is 138 cm³/mol. The average Bonchev–Trinajstić information content (AvgIpc) is 3.46. The van der Waals surface area contributed by atoms with Gasteiger partial charge in [0.2, 0.25) is 17.8 Å². The summed E-state index contributed by atoms with van der Waals surface area (Å²) in [5, 5.41) is 4.86. The summed E-state index contributed by atoms with van der Waals surface area (Å²) in [5.74, 6) is 1.66. The molecule has 2 aliphatic rings. The van der Waals surface area contributed by atoms with Gasteiger partial charge >= 0.3 is 5.97 Å². The molecule has 2 aliphatic heterocycles. The molecular weight excluding hydrogens is 482 g/mol. The van der Waals surface area contributed by atoms with E-state index in [9.17, 15) is 4.79 Å². The molecule has 11 heteroatoms. The van der Waals surface area contributed by atoms with Gasteiger partial charge < -0.3 is 19.3 Å². The Morgan fingerprint density at radius 2 is 1.56 bits per heavy atom. The number of halogens is 1. The number of morpholine rings is 1. The standard InChI is InChI=1S/C25H26ClN7O3/c26-20-7-5-19(6-8-20)22(34)36-21-9-3-18(4-10-21)17-27-31-23-28-24(32-11-1-2-12-32)30-25(29-23)33-13-15-35-16-14-33/h3-10,17H,1-2,11-16H2,(H,28,29,30,31)/b27-17-. The van der Waals surface area contributed by atoms with Crippen LogP contribution >= 0.6 is 11.6 Å². The van der Waals surface area contributed by atoms with Gasteiger partial charge in [-0.25, -0.2) is 10.2 Å². The fourth-order valence-corrected chi connectivity index (χ4v) is 4.03. The summed E-state index contributed by atoms with van der Waals surface area (Å²) in [7, 11) is 0. The van der Waals surface area contributed by atoms with E-state index >= 15 is 0 Å². The summed E-state index contributed by atoms with van der Waals surface area (Å²) in [6.07, 6.45) is 3.91. The molecule has 2 saturated heterocycles. The fourth-order valence-electron chi connectivity index (χ4n) is 3.91. The minimum absolute atomic E-state index is 0.387. The number of rotatable bonds is 7. The summed E-state index contributed by atoms with van der Waals surface area (Å²) in [5.41, 5.74) is 4.18. The first-order valence-electron chi connectivity index (χ1n) is 11.8. The van der Waals surface area contributed by atoms with Crippen LogP contribution in [0.2, 0.25) is 5.02 Å². The van der Waals surface area contributed by atoms with E-state index in [0.29, 0.717) is 47.4 Å². The van der Waals surface area contributed by atoms with Crippen molar-refractivity contribution in [3.05, 3.63) is 64.7 Å². The first kappa shape index (κ1) is 24.0. The van der Waals surface area contributed by atoms with Crippen molar-refractivity contribution < 1.29 is 14.3 Å². The van der Waals surface area contributed by atoms with Gasteiger partial charge in [-0.2, -0.15) is 20.1 Å². The van der Waals surface area contributed by atoms with Crippen molar-refractivity contribution in [1.29, 1.82) is 0 Å². The number of hydrazone groups is 1. The summed E-state index contributed by atoms with van der Waals surface area (Å²) >= 11 is 5.87. The van der Waals surface area contributed by atoms with Gasteiger partial charge in [-0.1, -0.05) is 11.6 Å². The zero-order valence-corrected chi connectivity index (χ0v) is 20.4. The number of ether oxygens (including phenoxy) is 2. The maximum absolute atomic E-state index is 12.3.